The van der Waals surface area contributed by atoms with Crippen molar-refractivity contribution in [3.05, 3.63) is 48.0 Å². The lowest BCUT2D eigenvalue weighted by atomic mass is 10.2. The van der Waals surface area contributed by atoms with Gasteiger partial charge >= 0.3 is 0 Å². The second-order valence-corrected chi connectivity index (χ2v) is 4.07. The van der Waals surface area contributed by atoms with Crippen molar-refractivity contribution in [2.75, 3.05) is 0 Å². The van der Waals surface area contributed by atoms with Crippen LogP contribution in [0.2, 0.25) is 0 Å². The number of rotatable bonds is 4. The molecule has 2 atom stereocenters. The molecule has 2 unspecified atom stereocenters. The van der Waals surface area contributed by atoms with E-state index in [0.29, 0.717) is 12.4 Å². The van der Waals surface area contributed by atoms with Gasteiger partial charge in [-0.2, -0.15) is 5.10 Å². The fourth-order valence-corrected chi connectivity index (χ4v) is 1.62. The van der Waals surface area contributed by atoms with Crippen molar-refractivity contribution in [2.24, 2.45) is 5.73 Å². The van der Waals surface area contributed by atoms with Crippen LogP contribution in [0, 0.1) is 0 Å². The molecule has 0 aliphatic heterocycles. The van der Waals surface area contributed by atoms with Crippen molar-refractivity contribution in [1.29, 1.82) is 0 Å². The molecule has 1 aromatic heterocycles. The van der Waals surface area contributed by atoms with Crippen LogP contribution in [0.3, 0.4) is 0 Å². The molecule has 0 aliphatic carbocycles. The smallest absolute Gasteiger partial charge is 0.157 e. The van der Waals surface area contributed by atoms with Gasteiger partial charge in [0.05, 0.1) is 6.54 Å². The van der Waals surface area contributed by atoms with Gasteiger partial charge in [0.25, 0.3) is 0 Å². The molecule has 90 valence electrons. The van der Waals surface area contributed by atoms with Gasteiger partial charge < -0.3 is 10.8 Å². The fraction of sp³-hybridized carbons (Fsp3) is 0.333. The van der Waals surface area contributed by atoms with Gasteiger partial charge in [-0.1, -0.05) is 30.3 Å². The van der Waals surface area contributed by atoms with E-state index in [0.717, 1.165) is 5.56 Å². The molecule has 0 saturated carbocycles. The van der Waals surface area contributed by atoms with E-state index in [1.165, 1.54) is 6.33 Å². The van der Waals surface area contributed by atoms with Crippen molar-refractivity contribution >= 4 is 0 Å². The third-order valence-electron chi connectivity index (χ3n) is 2.58. The zero-order chi connectivity index (χ0) is 12.3. The predicted molar refractivity (Wildman–Crippen MR) is 64.2 cm³/mol. The number of aliphatic hydroxyl groups excluding tert-OH is 1. The summed E-state index contributed by atoms with van der Waals surface area (Å²) in [6.07, 6.45) is 0.644. The second-order valence-electron chi connectivity index (χ2n) is 4.07. The number of aromatic nitrogens is 3. The Kier molecular flexibility index (Phi) is 3.51. The van der Waals surface area contributed by atoms with Gasteiger partial charge in [-0.3, -0.25) is 0 Å². The molecule has 0 amide bonds. The van der Waals surface area contributed by atoms with Crippen molar-refractivity contribution in [3.8, 4) is 0 Å². The van der Waals surface area contributed by atoms with Crippen molar-refractivity contribution in [2.45, 2.75) is 25.6 Å². The molecule has 2 aromatic rings. The number of nitrogens with zero attached hydrogens (tertiary/aromatic N) is 3. The Morgan fingerprint density at radius 1 is 1.35 bits per heavy atom. The first-order valence-corrected chi connectivity index (χ1v) is 5.53. The quantitative estimate of drug-likeness (QED) is 0.813. The largest absolute Gasteiger partial charge is 0.383 e. The second kappa shape index (κ2) is 5.07. The first kappa shape index (κ1) is 11.8. The number of nitrogens with two attached hydrogens (primary N) is 1. The Bertz CT molecular complexity index is 466. The van der Waals surface area contributed by atoms with Gasteiger partial charge in [-0.25, -0.2) is 9.67 Å². The number of benzene rings is 1. The molecule has 1 heterocycles. The highest BCUT2D eigenvalue weighted by molar-refractivity contribution is 5.15. The average molecular weight is 232 g/mol. The molecule has 0 radical (unpaired) electrons. The van der Waals surface area contributed by atoms with E-state index < -0.39 is 6.10 Å². The van der Waals surface area contributed by atoms with Gasteiger partial charge in [0.2, 0.25) is 0 Å². The SMILES string of the molecule is CC(N)C(O)c1ncnn1Cc1ccccc1. The van der Waals surface area contributed by atoms with E-state index in [9.17, 15) is 5.11 Å². The third-order valence-corrected chi connectivity index (χ3v) is 2.58. The molecule has 0 saturated heterocycles. The molecule has 5 heteroatoms. The minimum Gasteiger partial charge on any atom is -0.383 e. The maximum atomic E-state index is 9.90. The lowest BCUT2D eigenvalue weighted by Gasteiger charge is -2.14. The fourth-order valence-electron chi connectivity index (χ4n) is 1.62. The van der Waals surface area contributed by atoms with Gasteiger partial charge in [-0.05, 0) is 12.5 Å². The number of hydrogen-bond donors (Lipinski definition) is 2. The summed E-state index contributed by atoms with van der Waals surface area (Å²) in [5, 5.41) is 14.0. The maximum Gasteiger partial charge on any atom is 0.157 e. The van der Waals surface area contributed by atoms with Crippen LogP contribution in [0.5, 0.6) is 0 Å². The van der Waals surface area contributed by atoms with Crippen LogP contribution in [0.25, 0.3) is 0 Å². The number of hydrogen-bond acceptors (Lipinski definition) is 4. The van der Waals surface area contributed by atoms with E-state index in [1.54, 1.807) is 11.6 Å². The summed E-state index contributed by atoms with van der Waals surface area (Å²) in [4.78, 5) is 4.06. The molecule has 2 rings (SSSR count). The minimum atomic E-state index is -0.791. The highest BCUT2D eigenvalue weighted by Gasteiger charge is 2.18. The van der Waals surface area contributed by atoms with Crippen LogP contribution < -0.4 is 5.73 Å². The Morgan fingerprint density at radius 3 is 2.71 bits per heavy atom. The number of aliphatic hydroxyl groups is 1. The first-order valence-electron chi connectivity index (χ1n) is 5.53. The summed E-state index contributed by atoms with van der Waals surface area (Å²) in [5.41, 5.74) is 6.77. The average Bonchev–Trinajstić information content (AvgIpc) is 2.77. The highest BCUT2D eigenvalue weighted by Crippen LogP contribution is 2.13. The topological polar surface area (TPSA) is 77.0 Å². The Morgan fingerprint density at radius 2 is 2.06 bits per heavy atom. The van der Waals surface area contributed by atoms with Crippen LogP contribution in [-0.2, 0) is 6.54 Å². The summed E-state index contributed by atoms with van der Waals surface area (Å²) in [5.74, 6) is 0.504. The summed E-state index contributed by atoms with van der Waals surface area (Å²) in [7, 11) is 0. The van der Waals surface area contributed by atoms with E-state index in [2.05, 4.69) is 10.1 Å². The molecule has 3 N–H and O–H groups in total. The summed E-state index contributed by atoms with van der Waals surface area (Å²) in [6.45, 7) is 2.33. The zero-order valence-electron chi connectivity index (χ0n) is 9.69. The third kappa shape index (κ3) is 2.69. The summed E-state index contributed by atoms with van der Waals surface area (Å²) < 4.78 is 1.67. The van der Waals surface area contributed by atoms with Crippen LogP contribution in [-0.4, -0.2) is 25.9 Å². The molecular weight excluding hydrogens is 216 g/mol. The molecule has 5 nitrogen and oxygen atoms in total. The Labute approximate surface area is 99.9 Å². The molecule has 0 bridgehead atoms. The Hall–Kier alpha value is -1.72. The van der Waals surface area contributed by atoms with E-state index in [-0.39, 0.29) is 6.04 Å². The predicted octanol–water partition coefficient (Wildman–Crippen LogP) is 0.707. The van der Waals surface area contributed by atoms with Gasteiger partial charge in [0, 0.05) is 6.04 Å². The molecular formula is C12H16N4O. The first-order chi connectivity index (χ1) is 8.18. The van der Waals surface area contributed by atoms with Gasteiger partial charge in [0.1, 0.15) is 12.4 Å². The van der Waals surface area contributed by atoms with Crippen LogP contribution in [0.1, 0.15) is 24.4 Å². The standard InChI is InChI=1S/C12H16N4O/c1-9(13)11(17)12-14-8-15-16(12)7-10-5-3-2-4-6-10/h2-6,8-9,11,17H,7,13H2,1H3. The summed E-state index contributed by atoms with van der Waals surface area (Å²) in [6, 6.07) is 9.53. The lowest BCUT2D eigenvalue weighted by Crippen LogP contribution is -2.27. The normalized spacial score (nSPS) is 14.5. The maximum absolute atomic E-state index is 9.90. The molecule has 0 spiro atoms. The van der Waals surface area contributed by atoms with Gasteiger partial charge in [0.15, 0.2) is 5.82 Å². The summed E-state index contributed by atoms with van der Waals surface area (Å²) >= 11 is 0. The van der Waals surface area contributed by atoms with Crippen molar-refractivity contribution in [1.82, 2.24) is 14.8 Å². The van der Waals surface area contributed by atoms with E-state index in [1.807, 2.05) is 30.3 Å². The van der Waals surface area contributed by atoms with E-state index >= 15 is 0 Å². The molecule has 0 aliphatic rings. The lowest BCUT2D eigenvalue weighted by molar-refractivity contribution is 0.138. The minimum absolute atomic E-state index is 0.367. The monoisotopic (exact) mass is 232 g/mol. The van der Waals surface area contributed by atoms with E-state index in [4.69, 9.17) is 5.73 Å². The molecule has 0 fully saturated rings. The van der Waals surface area contributed by atoms with Gasteiger partial charge in [-0.15, -0.1) is 0 Å². The van der Waals surface area contributed by atoms with Crippen LogP contribution in [0.15, 0.2) is 36.7 Å². The van der Waals surface area contributed by atoms with Crippen LogP contribution >= 0.6 is 0 Å². The molecule has 17 heavy (non-hydrogen) atoms. The van der Waals surface area contributed by atoms with Crippen molar-refractivity contribution in [3.63, 3.8) is 0 Å². The van der Waals surface area contributed by atoms with Crippen LogP contribution in [0.4, 0.5) is 0 Å². The molecule has 1 aromatic carbocycles. The van der Waals surface area contributed by atoms with Crippen molar-refractivity contribution < 1.29 is 5.11 Å². The highest BCUT2D eigenvalue weighted by atomic mass is 16.3. The zero-order valence-corrected chi connectivity index (χ0v) is 9.69. The Balaban J connectivity index is 2.20.